The van der Waals surface area contributed by atoms with Gasteiger partial charge in [0.05, 0.1) is 5.56 Å². The lowest BCUT2D eigenvalue weighted by Crippen LogP contribution is -2.36. The van der Waals surface area contributed by atoms with E-state index in [1.807, 2.05) is 17.0 Å². The maximum atomic E-state index is 12.7. The van der Waals surface area contributed by atoms with Gasteiger partial charge in [0.25, 0.3) is 5.91 Å². The van der Waals surface area contributed by atoms with Crippen LogP contribution in [0.1, 0.15) is 43.5 Å². The van der Waals surface area contributed by atoms with Crippen LogP contribution in [-0.2, 0) is 0 Å². The molecule has 0 atom stereocenters. The normalized spacial score (nSPS) is 15.9. The van der Waals surface area contributed by atoms with Gasteiger partial charge < -0.3 is 10.2 Å². The van der Waals surface area contributed by atoms with Crippen molar-refractivity contribution < 1.29 is 4.79 Å². The average molecular weight is 307 g/mol. The molecule has 0 unspecified atom stereocenters. The van der Waals surface area contributed by atoms with Crippen LogP contribution in [-0.4, -0.2) is 46.4 Å². The molecular weight excluding hydrogens is 282 g/mol. The number of nitrogens with zero attached hydrogens (tertiary/aromatic N) is 2. The second kappa shape index (κ2) is 7.16. The van der Waals surface area contributed by atoms with Gasteiger partial charge in [-0.1, -0.05) is 0 Å². The molecular formula is C16H25N3OS. The second-order valence-electron chi connectivity index (χ2n) is 6.07. The highest BCUT2D eigenvalue weighted by Gasteiger charge is 2.22. The highest BCUT2D eigenvalue weighted by Crippen LogP contribution is 2.23. The number of nitrogens with one attached hydrogen (secondary N) is 1. The molecule has 0 radical (unpaired) electrons. The molecule has 5 heteroatoms. The first-order valence-electron chi connectivity index (χ1n) is 7.57. The zero-order chi connectivity index (χ0) is 15.3. The van der Waals surface area contributed by atoms with Crippen molar-refractivity contribution in [2.45, 2.75) is 37.9 Å². The average Bonchev–Trinajstić information content (AvgIpc) is 2.53. The first-order valence-corrected chi connectivity index (χ1v) is 8.79. The number of aromatic nitrogens is 1. The van der Waals surface area contributed by atoms with E-state index in [0.29, 0.717) is 11.4 Å². The van der Waals surface area contributed by atoms with Gasteiger partial charge in [-0.2, -0.15) is 11.8 Å². The molecule has 1 amide bonds. The number of amides is 1. The highest BCUT2D eigenvalue weighted by molar-refractivity contribution is 7.99. The van der Waals surface area contributed by atoms with Crippen molar-refractivity contribution in [2.75, 3.05) is 31.2 Å². The van der Waals surface area contributed by atoms with Crippen molar-refractivity contribution >= 4 is 23.5 Å². The molecule has 0 spiro atoms. The quantitative estimate of drug-likeness (QED) is 0.907. The number of pyridine rings is 1. The molecule has 0 aliphatic carbocycles. The molecule has 4 nitrogen and oxygen atoms in total. The predicted octanol–water partition coefficient (Wildman–Crippen LogP) is 3.26. The smallest absolute Gasteiger partial charge is 0.257 e. The monoisotopic (exact) mass is 307 g/mol. The maximum absolute atomic E-state index is 12.7. The third-order valence-electron chi connectivity index (χ3n) is 3.92. The molecule has 1 aromatic rings. The van der Waals surface area contributed by atoms with Gasteiger partial charge in [-0.15, -0.1) is 0 Å². The number of carbonyl (C=O) groups excluding carboxylic acids is 1. The van der Waals surface area contributed by atoms with Gasteiger partial charge in [-0.25, -0.2) is 4.98 Å². The predicted molar refractivity (Wildman–Crippen MR) is 90.1 cm³/mol. The van der Waals surface area contributed by atoms with Crippen LogP contribution in [0.2, 0.25) is 0 Å². The zero-order valence-corrected chi connectivity index (χ0v) is 14.0. The first-order chi connectivity index (χ1) is 10.0. The van der Waals surface area contributed by atoms with Gasteiger partial charge in [-0.05, 0) is 51.5 Å². The molecule has 1 saturated heterocycles. The lowest BCUT2D eigenvalue weighted by molar-refractivity contribution is 0.0725. The summed E-state index contributed by atoms with van der Waals surface area (Å²) >= 11 is 1.80. The van der Waals surface area contributed by atoms with Gasteiger partial charge in [0.2, 0.25) is 0 Å². The minimum atomic E-state index is 0.104. The van der Waals surface area contributed by atoms with Gasteiger partial charge in [0.15, 0.2) is 0 Å². The Labute approximate surface area is 131 Å². The Hall–Kier alpha value is -1.23. The van der Waals surface area contributed by atoms with Crippen molar-refractivity contribution in [2.24, 2.45) is 0 Å². The fourth-order valence-electron chi connectivity index (χ4n) is 2.35. The number of thioether (sulfide) groups is 1. The largest absolute Gasteiger partial charge is 0.368 e. The number of hydrogen-bond acceptors (Lipinski definition) is 4. The van der Waals surface area contributed by atoms with E-state index in [2.05, 4.69) is 30.4 Å². The van der Waals surface area contributed by atoms with E-state index < -0.39 is 0 Å². The Morgan fingerprint density at radius 1 is 1.38 bits per heavy atom. The number of anilines is 1. The summed E-state index contributed by atoms with van der Waals surface area (Å²) in [6.07, 6.45) is 7.27. The minimum Gasteiger partial charge on any atom is -0.368 e. The molecule has 1 fully saturated rings. The Kier molecular flexibility index (Phi) is 5.51. The molecule has 1 aliphatic heterocycles. The molecule has 21 heavy (non-hydrogen) atoms. The summed E-state index contributed by atoms with van der Waals surface area (Å²) in [6, 6.07) is 3.71. The SMILES string of the molecule is CSC(C)(C)CNc1ncccc1C(=O)N1CCCCC1. The van der Waals surface area contributed by atoms with E-state index in [4.69, 9.17) is 0 Å². The Bertz CT molecular complexity index is 484. The summed E-state index contributed by atoms with van der Waals surface area (Å²) in [5.74, 6) is 0.808. The third kappa shape index (κ3) is 4.37. The van der Waals surface area contributed by atoms with Crippen molar-refractivity contribution in [1.82, 2.24) is 9.88 Å². The number of likely N-dealkylation sites (tertiary alicyclic amines) is 1. The summed E-state index contributed by atoms with van der Waals surface area (Å²) in [6.45, 7) is 6.87. The molecule has 1 aromatic heterocycles. The van der Waals surface area contributed by atoms with Crippen molar-refractivity contribution in [3.05, 3.63) is 23.9 Å². The number of carbonyl (C=O) groups is 1. The fraction of sp³-hybridized carbons (Fsp3) is 0.625. The third-order valence-corrected chi connectivity index (χ3v) is 5.17. The summed E-state index contributed by atoms with van der Waals surface area (Å²) in [4.78, 5) is 19.0. The molecule has 2 heterocycles. The lowest BCUT2D eigenvalue weighted by atomic mass is 10.1. The van der Waals surface area contributed by atoms with Crippen LogP contribution in [0.5, 0.6) is 0 Å². The van der Waals surface area contributed by atoms with Crippen LogP contribution in [0.4, 0.5) is 5.82 Å². The van der Waals surface area contributed by atoms with Crippen LogP contribution in [0, 0.1) is 0 Å². The summed E-state index contributed by atoms with van der Waals surface area (Å²) < 4.78 is 0.114. The molecule has 0 bridgehead atoms. The van der Waals surface area contributed by atoms with Gasteiger partial charge in [-0.3, -0.25) is 4.79 Å². The van der Waals surface area contributed by atoms with Crippen LogP contribution >= 0.6 is 11.8 Å². The summed E-state index contributed by atoms with van der Waals surface area (Å²) in [7, 11) is 0. The first kappa shape index (κ1) is 16.1. The topological polar surface area (TPSA) is 45.2 Å². The highest BCUT2D eigenvalue weighted by atomic mass is 32.2. The summed E-state index contributed by atoms with van der Waals surface area (Å²) in [5, 5.41) is 3.35. The van der Waals surface area contributed by atoms with E-state index in [-0.39, 0.29) is 10.7 Å². The van der Waals surface area contributed by atoms with Crippen LogP contribution in [0.15, 0.2) is 18.3 Å². The van der Waals surface area contributed by atoms with Crippen molar-refractivity contribution in [3.8, 4) is 0 Å². The Morgan fingerprint density at radius 3 is 2.76 bits per heavy atom. The molecule has 1 N–H and O–H groups in total. The lowest BCUT2D eigenvalue weighted by Gasteiger charge is -2.28. The standard InChI is InChI=1S/C16H25N3OS/c1-16(2,21-3)12-18-14-13(8-7-9-17-14)15(20)19-10-5-4-6-11-19/h7-9H,4-6,10-12H2,1-3H3,(H,17,18). The van der Waals surface area contributed by atoms with Crippen LogP contribution in [0.25, 0.3) is 0 Å². The molecule has 0 saturated carbocycles. The number of piperidine rings is 1. The number of rotatable bonds is 5. The van der Waals surface area contributed by atoms with E-state index in [0.717, 1.165) is 32.5 Å². The molecule has 116 valence electrons. The van der Waals surface area contributed by atoms with Crippen LogP contribution in [0.3, 0.4) is 0 Å². The Balaban J connectivity index is 2.10. The van der Waals surface area contributed by atoms with E-state index in [1.54, 1.807) is 18.0 Å². The van der Waals surface area contributed by atoms with Gasteiger partial charge in [0, 0.05) is 30.6 Å². The van der Waals surface area contributed by atoms with Gasteiger partial charge >= 0.3 is 0 Å². The fourth-order valence-corrected chi connectivity index (χ4v) is 2.57. The number of hydrogen-bond donors (Lipinski definition) is 1. The molecule has 2 rings (SSSR count). The van der Waals surface area contributed by atoms with E-state index in [1.165, 1.54) is 6.42 Å². The van der Waals surface area contributed by atoms with Gasteiger partial charge in [0.1, 0.15) is 5.82 Å². The van der Waals surface area contributed by atoms with Crippen molar-refractivity contribution in [3.63, 3.8) is 0 Å². The summed E-state index contributed by atoms with van der Waals surface area (Å²) in [5.41, 5.74) is 0.691. The van der Waals surface area contributed by atoms with Crippen molar-refractivity contribution in [1.29, 1.82) is 0 Å². The molecule has 1 aliphatic rings. The second-order valence-corrected chi connectivity index (χ2v) is 7.58. The van der Waals surface area contributed by atoms with Crippen LogP contribution < -0.4 is 5.32 Å². The van der Waals surface area contributed by atoms with E-state index >= 15 is 0 Å². The minimum absolute atomic E-state index is 0.104. The zero-order valence-electron chi connectivity index (χ0n) is 13.2. The maximum Gasteiger partial charge on any atom is 0.257 e. The van der Waals surface area contributed by atoms with E-state index in [9.17, 15) is 4.79 Å². The Morgan fingerprint density at radius 2 is 2.10 bits per heavy atom. The molecule has 0 aromatic carbocycles.